The van der Waals surface area contributed by atoms with Crippen molar-refractivity contribution in [3.63, 3.8) is 0 Å². The third-order valence-electron chi connectivity index (χ3n) is 6.55. The molecule has 1 saturated heterocycles. The van der Waals surface area contributed by atoms with E-state index in [0.29, 0.717) is 26.1 Å². The van der Waals surface area contributed by atoms with Gasteiger partial charge in [-0.3, -0.25) is 19.8 Å². The number of hydrogen-bond donors (Lipinski definition) is 4. The Balaban J connectivity index is 2.15. The van der Waals surface area contributed by atoms with Gasteiger partial charge < -0.3 is 35.6 Å². The summed E-state index contributed by atoms with van der Waals surface area (Å²) in [5.74, 6) is -2.01. The largest absolute Gasteiger partial charge is 0.481 e. The Labute approximate surface area is 223 Å². The summed E-state index contributed by atoms with van der Waals surface area (Å²) in [5.41, 5.74) is 6.39. The lowest BCUT2D eigenvalue weighted by molar-refractivity contribution is -0.142. The van der Waals surface area contributed by atoms with E-state index >= 15 is 0 Å². The minimum atomic E-state index is -1.23. The Morgan fingerprint density at radius 1 is 1.24 bits per heavy atom. The fourth-order valence-electron chi connectivity index (χ4n) is 4.25. The Morgan fingerprint density at radius 2 is 1.95 bits per heavy atom. The number of likely N-dealkylation sites (N-methyl/N-ethyl adjacent to an activating group) is 1. The van der Waals surface area contributed by atoms with Crippen LogP contribution in [0.2, 0.25) is 0 Å². The molecule has 12 heteroatoms. The molecule has 210 valence electrons. The Kier molecular flexibility index (Phi) is 12.3. The van der Waals surface area contributed by atoms with E-state index in [-0.39, 0.29) is 43.9 Å². The quantitative estimate of drug-likeness (QED) is 0.219. The number of carbonyl (C=O) groups excluding carboxylic acids is 3. The van der Waals surface area contributed by atoms with Crippen LogP contribution in [0.3, 0.4) is 0 Å². The van der Waals surface area contributed by atoms with E-state index in [1.807, 2.05) is 25.1 Å². The van der Waals surface area contributed by atoms with Crippen LogP contribution in [0.4, 0.5) is 4.79 Å². The molecule has 2 atom stereocenters. The molecule has 1 aromatic rings. The van der Waals surface area contributed by atoms with Crippen LogP contribution in [0, 0.1) is 5.41 Å². The number of guanidine groups is 1. The highest BCUT2D eigenvalue weighted by Gasteiger charge is 2.33. The Morgan fingerprint density at radius 3 is 2.58 bits per heavy atom. The number of aliphatic carboxylic acids is 1. The number of alkyl carbamates (subject to hydrolysis) is 1. The average Bonchev–Trinajstić information content (AvgIpc) is 2.91. The molecule has 3 amide bonds. The van der Waals surface area contributed by atoms with Gasteiger partial charge in [0.1, 0.15) is 12.6 Å². The summed E-state index contributed by atoms with van der Waals surface area (Å²) in [5, 5.41) is 19.4. The first kappa shape index (κ1) is 30.4. The Hall–Kier alpha value is -3.83. The lowest BCUT2D eigenvalue weighted by atomic mass is 10.0. The summed E-state index contributed by atoms with van der Waals surface area (Å²) < 4.78 is 5.28. The van der Waals surface area contributed by atoms with Crippen molar-refractivity contribution in [3.05, 3.63) is 35.9 Å². The third-order valence-corrected chi connectivity index (χ3v) is 6.55. The molecule has 0 saturated carbocycles. The predicted octanol–water partition coefficient (Wildman–Crippen LogP) is 1.59. The summed E-state index contributed by atoms with van der Waals surface area (Å²) in [6.45, 7) is 3.25. The van der Waals surface area contributed by atoms with Crippen LogP contribution >= 0.6 is 0 Å². The van der Waals surface area contributed by atoms with Crippen molar-refractivity contribution in [1.82, 2.24) is 20.0 Å². The minimum absolute atomic E-state index is 0.0110. The van der Waals surface area contributed by atoms with Crippen molar-refractivity contribution >= 4 is 29.8 Å². The van der Waals surface area contributed by atoms with Crippen molar-refractivity contribution in [2.45, 2.75) is 64.1 Å². The number of rotatable bonds is 13. The number of carbonyl (C=O) groups is 4. The molecule has 1 aromatic carbocycles. The summed E-state index contributed by atoms with van der Waals surface area (Å²) in [4.78, 5) is 55.2. The fourth-order valence-corrected chi connectivity index (χ4v) is 4.25. The SMILES string of the molecule is CCCCN(CCC(=O)O)C(=O)[C@H](CC(=O)N(C)[C@H]1CCCN(C(=N)N)C1)NC(=O)OCc1ccccc1. The molecule has 0 unspecified atom stereocenters. The number of nitrogens with one attached hydrogen (secondary N) is 2. The molecule has 5 N–H and O–H groups in total. The third kappa shape index (κ3) is 9.91. The van der Waals surface area contributed by atoms with Gasteiger partial charge in [0.25, 0.3) is 0 Å². The zero-order valence-corrected chi connectivity index (χ0v) is 22.2. The van der Waals surface area contributed by atoms with E-state index in [4.69, 9.17) is 21.0 Å². The monoisotopic (exact) mass is 532 g/mol. The van der Waals surface area contributed by atoms with Crippen molar-refractivity contribution in [2.24, 2.45) is 5.73 Å². The number of carboxylic acid groups (broad SMARTS) is 1. The number of likely N-dealkylation sites (tertiary alicyclic amines) is 1. The van der Waals surface area contributed by atoms with Gasteiger partial charge in [0.2, 0.25) is 11.8 Å². The molecular formula is C26H40N6O6. The van der Waals surface area contributed by atoms with Gasteiger partial charge in [-0.05, 0) is 24.8 Å². The van der Waals surface area contributed by atoms with Crippen LogP contribution in [0.1, 0.15) is 51.0 Å². The summed E-state index contributed by atoms with van der Waals surface area (Å²) in [7, 11) is 1.63. The van der Waals surface area contributed by atoms with E-state index in [1.54, 1.807) is 24.1 Å². The molecule has 1 fully saturated rings. The first-order valence-electron chi connectivity index (χ1n) is 12.9. The molecule has 0 aliphatic carbocycles. The number of unbranched alkanes of at least 4 members (excludes halogenated alkanes) is 1. The number of carboxylic acids is 1. The molecule has 12 nitrogen and oxygen atoms in total. The molecule has 0 spiro atoms. The van der Waals surface area contributed by atoms with E-state index in [0.717, 1.165) is 24.8 Å². The van der Waals surface area contributed by atoms with Crippen LogP contribution in [0.25, 0.3) is 0 Å². The number of nitrogens with two attached hydrogens (primary N) is 1. The van der Waals surface area contributed by atoms with Crippen molar-refractivity contribution < 1.29 is 29.0 Å². The van der Waals surface area contributed by atoms with Crippen LogP contribution < -0.4 is 11.1 Å². The number of amides is 3. The normalized spacial score (nSPS) is 15.7. The van der Waals surface area contributed by atoms with Gasteiger partial charge in [-0.25, -0.2) is 4.79 Å². The van der Waals surface area contributed by atoms with Crippen LogP contribution in [-0.4, -0.2) is 95.0 Å². The maximum atomic E-state index is 13.5. The molecular weight excluding hydrogens is 492 g/mol. The number of nitrogens with zero attached hydrogens (tertiary/aromatic N) is 3. The molecule has 1 aliphatic rings. The molecule has 1 heterocycles. The first-order valence-corrected chi connectivity index (χ1v) is 12.9. The molecule has 0 bridgehead atoms. The van der Waals surface area contributed by atoms with Crippen molar-refractivity contribution in [1.29, 1.82) is 5.41 Å². The summed E-state index contributed by atoms with van der Waals surface area (Å²) in [6.07, 6.45) is 1.49. The van der Waals surface area contributed by atoms with Gasteiger partial charge in [0, 0.05) is 39.3 Å². The highest BCUT2D eigenvalue weighted by molar-refractivity contribution is 5.91. The first-order chi connectivity index (χ1) is 18.1. The number of piperidine rings is 1. The van der Waals surface area contributed by atoms with Gasteiger partial charge in [0.15, 0.2) is 5.96 Å². The topological polar surface area (TPSA) is 169 Å². The highest BCUT2D eigenvalue weighted by Crippen LogP contribution is 2.16. The second-order valence-corrected chi connectivity index (χ2v) is 9.42. The van der Waals surface area contributed by atoms with Crippen molar-refractivity contribution in [2.75, 3.05) is 33.2 Å². The predicted molar refractivity (Wildman–Crippen MR) is 141 cm³/mol. The van der Waals surface area contributed by atoms with E-state index in [1.165, 1.54) is 9.80 Å². The van der Waals surface area contributed by atoms with Gasteiger partial charge in [0.05, 0.1) is 12.8 Å². The zero-order valence-electron chi connectivity index (χ0n) is 22.2. The second kappa shape index (κ2) is 15.4. The average molecular weight is 533 g/mol. The molecule has 1 aliphatic heterocycles. The maximum Gasteiger partial charge on any atom is 0.408 e. The molecule has 38 heavy (non-hydrogen) atoms. The zero-order chi connectivity index (χ0) is 28.1. The van der Waals surface area contributed by atoms with Gasteiger partial charge in [-0.2, -0.15) is 0 Å². The molecule has 0 radical (unpaired) electrons. The standard InChI is InChI=1S/C26H40N6O6/c1-3-4-13-31(15-12-23(34)35)24(36)21(29-26(37)38-18-19-9-6-5-7-10-19)16-22(33)30(2)20-11-8-14-32(17-20)25(27)28/h5-7,9-10,20-21H,3-4,8,11-18H2,1-2H3,(H3,27,28)(H,29,37)(H,34,35)/t20-,21-/m0/s1. The van der Waals surface area contributed by atoms with Gasteiger partial charge in [-0.1, -0.05) is 43.7 Å². The van der Waals surface area contributed by atoms with E-state index in [9.17, 15) is 19.2 Å². The minimum Gasteiger partial charge on any atom is -0.481 e. The van der Waals surface area contributed by atoms with Crippen molar-refractivity contribution in [3.8, 4) is 0 Å². The highest BCUT2D eigenvalue weighted by atomic mass is 16.5. The second-order valence-electron chi connectivity index (χ2n) is 9.42. The van der Waals surface area contributed by atoms with Gasteiger partial charge in [-0.15, -0.1) is 0 Å². The number of hydrogen-bond acceptors (Lipinski definition) is 6. The number of ether oxygens (including phenoxy) is 1. The van der Waals surface area contributed by atoms with Crippen LogP contribution in [0.5, 0.6) is 0 Å². The lowest BCUT2D eigenvalue weighted by Crippen LogP contribution is -2.54. The Bertz CT molecular complexity index is 959. The molecule has 0 aromatic heterocycles. The lowest BCUT2D eigenvalue weighted by Gasteiger charge is -2.38. The summed E-state index contributed by atoms with van der Waals surface area (Å²) in [6, 6.07) is 7.61. The van der Waals surface area contributed by atoms with E-state index in [2.05, 4.69) is 5.32 Å². The van der Waals surface area contributed by atoms with Crippen LogP contribution in [0.15, 0.2) is 30.3 Å². The maximum absolute atomic E-state index is 13.5. The van der Waals surface area contributed by atoms with Gasteiger partial charge >= 0.3 is 12.1 Å². The summed E-state index contributed by atoms with van der Waals surface area (Å²) >= 11 is 0. The fraction of sp³-hybridized carbons (Fsp3) is 0.577. The smallest absolute Gasteiger partial charge is 0.408 e. The molecule has 2 rings (SSSR count). The van der Waals surface area contributed by atoms with E-state index < -0.39 is 24.0 Å². The number of benzene rings is 1. The van der Waals surface area contributed by atoms with Crippen LogP contribution in [-0.2, 0) is 25.7 Å².